The molecule has 0 amide bonds. The number of nitro benzene ring substituents is 1. The molecule has 0 radical (unpaired) electrons. The van der Waals surface area contributed by atoms with Crippen molar-refractivity contribution in [3.05, 3.63) is 68.2 Å². The molecule has 0 unspecified atom stereocenters. The molecule has 2 rings (SSSR count). The van der Waals surface area contributed by atoms with Crippen molar-refractivity contribution in [3.63, 3.8) is 0 Å². The van der Waals surface area contributed by atoms with E-state index in [-0.39, 0.29) is 10.6 Å². The quantitative estimate of drug-likeness (QED) is 0.645. The highest BCUT2D eigenvalue weighted by molar-refractivity contribution is 9.10. The van der Waals surface area contributed by atoms with Crippen LogP contribution in [-0.4, -0.2) is 4.92 Å². The fourth-order valence-corrected chi connectivity index (χ4v) is 2.21. The number of nitrogens with one attached hydrogen (secondary N) is 1. The van der Waals surface area contributed by atoms with Gasteiger partial charge in [0, 0.05) is 28.3 Å². The number of nitro groups is 1. The van der Waals surface area contributed by atoms with Gasteiger partial charge in [0.15, 0.2) is 0 Å². The summed E-state index contributed by atoms with van der Waals surface area (Å²) in [6.45, 7) is 2.55. The molecule has 0 aromatic heterocycles. The van der Waals surface area contributed by atoms with Crippen molar-refractivity contribution in [2.24, 2.45) is 0 Å². The van der Waals surface area contributed by atoms with E-state index in [9.17, 15) is 10.1 Å². The van der Waals surface area contributed by atoms with Crippen LogP contribution in [0.15, 0.2) is 46.9 Å². The topological polar surface area (TPSA) is 55.2 Å². The minimum Gasteiger partial charge on any atom is -0.381 e. The first-order chi connectivity index (χ1) is 9.60. The number of rotatable bonds is 5. The van der Waals surface area contributed by atoms with Crippen molar-refractivity contribution in [2.45, 2.75) is 19.9 Å². The number of nitrogens with zero attached hydrogens (tertiary/aromatic N) is 1. The lowest BCUT2D eigenvalue weighted by molar-refractivity contribution is -0.385. The van der Waals surface area contributed by atoms with E-state index >= 15 is 0 Å². The van der Waals surface area contributed by atoms with Crippen molar-refractivity contribution in [1.29, 1.82) is 0 Å². The zero-order valence-corrected chi connectivity index (χ0v) is 12.7. The van der Waals surface area contributed by atoms with Crippen molar-refractivity contribution in [1.82, 2.24) is 0 Å². The number of halogens is 1. The van der Waals surface area contributed by atoms with Gasteiger partial charge in [-0.2, -0.15) is 0 Å². The van der Waals surface area contributed by atoms with E-state index in [0.29, 0.717) is 13.0 Å². The maximum Gasteiger partial charge on any atom is 0.274 e. The molecule has 2 aromatic carbocycles. The van der Waals surface area contributed by atoms with Crippen LogP contribution in [0.4, 0.5) is 11.4 Å². The molecule has 0 saturated carbocycles. The summed E-state index contributed by atoms with van der Waals surface area (Å²) >= 11 is 3.39. The van der Waals surface area contributed by atoms with Crippen LogP contribution >= 0.6 is 15.9 Å². The second-order valence-corrected chi connectivity index (χ2v) is 5.35. The standard InChI is InChI=1S/C15H15BrN2O2/c1-2-12-5-8-14(9-15(12)18(19)20)17-10-11-3-6-13(16)7-4-11/h3-9,17H,2,10H2,1H3. The summed E-state index contributed by atoms with van der Waals surface area (Å²) in [6.07, 6.45) is 0.656. The van der Waals surface area contributed by atoms with Crippen LogP contribution in [-0.2, 0) is 13.0 Å². The molecule has 104 valence electrons. The Labute approximate surface area is 126 Å². The minimum atomic E-state index is -0.330. The second-order valence-electron chi connectivity index (χ2n) is 4.43. The number of hydrogen-bond acceptors (Lipinski definition) is 3. The first kappa shape index (κ1) is 14.5. The molecular weight excluding hydrogens is 320 g/mol. The van der Waals surface area contributed by atoms with Gasteiger partial charge in [0.2, 0.25) is 0 Å². The fraction of sp³-hybridized carbons (Fsp3) is 0.200. The second kappa shape index (κ2) is 6.52. The molecule has 0 aliphatic carbocycles. The lowest BCUT2D eigenvalue weighted by Gasteiger charge is -2.08. The minimum absolute atomic E-state index is 0.174. The Kier molecular flexibility index (Phi) is 4.74. The monoisotopic (exact) mass is 334 g/mol. The largest absolute Gasteiger partial charge is 0.381 e. The van der Waals surface area contributed by atoms with E-state index < -0.39 is 0 Å². The lowest BCUT2D eigenvalue weighted by atomic mass is 10.1. The van der Waals surface area contributed by atoms with Gasteiger partial charge < -0.3 is 5.32 Å². The summed E-state index contributed by atoms with van der Waals surface area (Å²) in [4.78, 5) is 10.7. The molecule has 0 aliphatic heterocycles. The molecule has 0 saturated heterocycles. The SMILES string of the molecule is CCc1ccc(NCc2ccc(Br)cc2)cc1[N+](=O)[O-]. The van der Waals surface area contributed by atoms with Crippen LogP contribution in [0.2, 0.25) is 0 Å². The van der Waals surface area contributed by atoms with E-state index in [0.717, 1.165) is 21.3 Å². The van der Waals surface area contributed by atoms with Gasteiger partial charge in [0.1, 0.15) is 0 Å². The van der Waals surface area contributed by atoms with Crippen LogP contribution in [0.25, 0.3) is 0 Å². The smallest absolute Gasteiger partial charge is 0.274 e. The Morgan fingerprint density at radius 2 is 1.90 bits per heavy atom. The van der Waals surface area contributed by atoms with Gasteiger partial charge in [-0.05, 0) is 30.2 Å². The third-order valence-corrected chi connectivity index (χ3v) is 3.60. The number of aryl methyl sites for hydroxylation is 1. The summed E-state index contributed by atoms with van der Waals surface area (Å²) in [7, 11) is 0. The molecular formula is C15H15BrN2O2. The van der Waals surface area contributed by atoms with E-state index in [1.807, 2.05) is 43.3 Å². The molecule has 0 atom stereocenters. The number of hydrogen-bond donors (Lipinski definition) is 1. The molecule has 0 bridgehead atoms. The van der Waals surface area contributed by atoms with E-state index in [2.05, 4.69) is 21.2 Å². The summed E-state index contributed by atoms with van der Waals surface area (Å²) in [6, 6.07) is 13.2. The van der Waals surface area contributed by atoms with Crippen molar-refractivity contribution in [3.8, 4) is 0 Å². The molecule has 0 fully saturated rings. The molecule has 4 nitrogen and oxygen atoms in total. The predicted molar refractivity (Wildman–Crippen MR) is 83.9 cm³/mol. The molecule has 2 aromatic rings. The third-order valence-electron chi connectivity index (χ3n) is 3.07. The average Bonchev–Trinajstić information content (AvgIpc) is 2.46. The maximum absolute atomic E-state index is 11.0. The summed E-state index contributed by atoms with van der Waals surface area (Å²) in [5.41, 5.74) is 2.81. The van der Waals surface area contributed by atoms with Crippen molar-refractivity contribution < 1.29 is 4.92 Å². The summed E-state index contributed by atoms with van der Waals surface area (Å²) in [5, 5.41) is 14.2. The van der Waals surface area contributed by atoms with Gasteiger partial charge in [0.25, 0.3) is 5.69 Å². The Balaban J connectivity index is 2.11. The Morgan fingerprint density at radius 3 is 2.50 bits per heavy atom. The molecule has 20 heavy (non-hydrogen) atoms. The highest BCUT2D eigenvalue weighted by Gasteiger charge is 2.12. The van der Waals surface area contributed by atoms with Crippen molar-refractivity contribution in [2.75, 3.05) is 5.32 Å². The number of benzene rings is 2. The Morgan fingerprint density at radius 1 is 1.20 bits per heavy atom. The Bertz CT molecular complexity index is 612. The normalized spacial score (nSPS) is 10.3. The summed E-state index contributed by atoms with van der Waals surface area (Å²) in [5.74, 6) is 0. The lowest BCUT2D eigenvalue weighted by Crippen LogP contribution is -2.01. The summed E-state index contributed by atoms with van der Waals surface area (Å²) < 4.78 is 1.03. The Hall–Kier alpha value is -1.88. The highest BCUT2D eigenvalue weighted by atomic mass is 79.9. The van der Waals surface area contributed by atoms with Crippen LogP contribution in [0, 0.1) is 10.1 Å². The van der Waals surface area contributed by atoms with Gasteiger partial charge >= 0.3 is 0 Å². The van der Waals surface area contributed by atoms with Gasteiger partial charge in [-0.1, -0.05) is 41.1 Å². The maximum atomic E-state index is 11.0. The van der Waals surface area contributed by atoms with Crippen LogP contribution < -0.4 is 5.32 Å². The van der Waals surface area contributed by atoms with Crippen molar-refractivity contribution >= 4 is 27.3 Å². The third kappa shape index (κ3) is 3.57. The fourth-order valence-electron chi connectivity index (χ4n) is 1.95. The van der Waals surface area contributed by atoms with E-state index in [1.54, 1.807) is 6.07 Å². The highest BCUT2D eigenvalue weighted by Crippen LogP contribution is 2.24. The van der Waals surface area contributed by atoms with E-state index in [4.69, 9.17) is 0 Å². The van der Waals surface area contributed by atoms with Gasteiger partial charge in [0.05, 0.1) is 4.92 Å². The molecule has 5 heteroatoms. The first-order valence-electron chi connectivity index (χ1n) is 6.35. The zero-order valence-electron chi connectivity index (χ0n) is 11.1. The van der Waals surface area contributed by atoms with Gasteiger partial charge in [-0.15, -0.1) is 0 Å². The molecule has 0 heterocycles. The molecule has 0 aliphatic rings. The average molecular weight is 335 g/mol. The number of anilines is 1. The molecule has 1 N–H and O–H groups in total. The van der Waals surface area contributed by atoms with Gasteiger partial charge in [-0.25, -0.2) is 0 Å². The van der Waals surface area contributed by atoms with Crippen LogP contribution in [0.1, 0.15) is 18.1 Å². The van der Waals surface area contributed by atoms with Crippen LogP contribution in [0.5, 0.6) is 0 Å². The zero-order chi connectivity index (χ0) is 14.5. The van der Waals surface area contributed by atoms with Crippen LogP contribution in [0.3, 0.4) is 0 Å². The molecule has 0 spiro atoms. The van der Waals surface area contributed by atoms with Gasteiger partial charge in [-0.3, -0.25) is 10.1 Å². The van der Waals surface area contributed by atoms with E-state index in [1.165, 1.54) is 0 Å². The first-order valence-corrected chi connectivity index (χ1v) is 7.15. The predicted octanol–water partition coefficient (Wildman–Crippen LogP) is 4.53.